The standard InChI is InChI=1S/C16H17Cl2N3O6/c1-27-15(25)12(22)7-19-13(23)5-4-11-14(24)21(16(26)20-11)8-2-3-9(17)10(18)6-8/h2-3,6,11-12,22H,4-5,7H2,1H3,(H,19,23)(H,20,26)/t11?,12-/m0/s1. The quantitative estimate of drug-likeness (QED) is 0.446. The minimum atomic E-state index is -1.48. The molecule has 1 aliphatic heterocycles. The minimum Gasteiger partial charge on any atom is -0.467 e. The highest BCUT2D eigenvalue weighted by Gasteiger charge is 2.39. The molecule has 1 aromatic rings. The van der Waals surface area contributed by atoms with Crippen molar-refractivity contribution < 1.29 is 29.0 Å². The van der Waals surface area contributed by atoms with Crippen LogP contribution in [-0.2, 0) is 19.1 Å². The van der Waals surface area contributed by atoms with Gasteiger partial charge in [-0.25, -0.2) is 14.5 Å². The van der Waals surface area contributed by atoms with Gasteiger partial charge in [0, 0.05) is 6.42 Å². The molecule has 2 atom stereocenters. The molecule has 1 aliphatic rings. The van der Waals surface area contributed by atoms with Gasteiger partial charge in [-0.05, 0) is 24.6 Å². The first-order chi connectivity index (χ1) is 12.7. The van der Waals surface area contributed by atoms with E-state index in [1.807, 2.05) is 0 Å². The van der Waals surface area contributed by atoms with E-state index >= 15 is 0 Å². The fourth-order valence-corrected chi connectivity index (χ4v) is 2.68. The third-order valence-electron chi connectivity index (χ3n) is 3.81. The molecule has 0 radical (unpaired) electrons. The zero-order valence-electron chi connectivity index (χ0n) is 14.2. The first kappa shape index (κ1) is 20.9. The number of benzene rings is 1. The van der Waals surface area contributed by atoms with Gasteiger partial charge in [0.1, 0.15) is 6.04 Å². The second kappa shape index (κ2) is 9.03. The highest BCUT2D eigenvalue weighted by Crippen LogP contribution is 2.29. The summed E-state index contributed by atoms with van der Waals surface area (Å²) in [5.41, 5.74) is 0.264. The van der Waals surface area contributed by atoms with Crippen molar-refractivity contribution in [1.82, 2.24) is 10.6 Å². The number of methoxy groups -OCH3 is 1. The van der Waals surface area contributed by atoms with E-state index in [0.717, 1.165) is 12.0 Å². The van der Waals surface area contributed by atoms with Crippen molar-refractivity contribution in [2.24, 2.45) is 0 Å². The molecule has 3 N–H and O–H groups in total. The molecular formula is C16H17Cl2N3O6. The van der Waals surface area contributed by atoms with Crippen LogP contribution in [0, 0.1) is 0 Å². The largest absolute Gasteiger partial charge is 0.467 e. The maximum absolute atomic E-state index is 12.5. The molecule has 9 nitrogen and oxygen atoms in total. The number of carbonyl (C=O) groups is 4. The Balaban J connectivity index is 1.90. The van der Waals surface area contributed by atoms with Gasteiger partial charge >= 0.3 is 12.0 Å². The highest BCUT2D eigenvalue weighted by atomic mass is 35.5. The van der Waals surface area contributed by atoms with Gasteiger partial charge in [0.15, 0.2) is 6.10 Å². The van der Waals surface area contributed by atoms with Gasteiger partial charge in [0.25, 0.3) is 5.91 Å². The monoisotopic (exact) mass is 417 g/mol. The maximum atomic E-state index is 12.5. The predicted octanol–water partition coefficient (Wildman–Crippen LogP) is 0.848. The number of aliphatic hydroxyl groups is 1. The lowest BCUT2D eigenvalue weighted by Gasteiger charge is -2.14. The Morgan fingerprint density at radius 2 is 2.04 bits per heavy atom. The summed E-state index contributed by atoms with van der Waals surface area (Å²) in [6, 6.07) is 2.82. The number of halogens is 2. The number of rotatable bonds is 7. The lowest BCUT2D eigenvalue weighted by molar-refractivity contribution is -0.150. The van der Waals surface area contributed by atoms with Crippen molar-refractivity contribution in [1.29, 1.82) is 0 Å². The third kappa shape index (κ3) is 5.09. The van der Waals surface area contributed by atoms with Gasteiger partial charge in [-0.1, -0.05) is 23.2 Å². The van der Waals surface area contributed by atoms with Crippen LogP contribution in [0.3, 0.4) is 0 Å². The molecule has 11 heteroatoms. The molecule has 27 heavy (non-hydrogen) atoms. The molecule has 146 valence electrons. The number of carbonyl (C=O) groups excluding carboxylic acids is 4. The summed E-state index contributed by atoms with van der Waals surface area (Å²) in [6.07, 6.45) is -1.53. The third-order valence-corrected chi connectivity index (χ3v) is 4.55. The normalized spacial score (nSPS) is 17.5. The molecule has 0 aromatic heterocycles. The summed E-state index contributed by atoms with van der Waals surface area (Å²) in [5.74, 6) is -1.89. The van der Waals surface area contributed by atoms with E-state index in [-0.39, 0.29) is 35.1 Å². The van der Waals surface area contributed by atoms with Gasteiger partial charge in [-0.3, -0.25) is 9.59 Å². The van der Waals surface area contributed by atoms with E-state index in [1.54, 1.807) is 0 Å². The number of nitrogens with one attached hydrogen (secondary N) is 2. The van der Waals surface area contributed by atoms with Crippen LogP contribution in [0.25, 0.3) is 0 Å². The molecular weight excluding hydrogens is 401 g/mol. The number of ether oxygens (including phenoxy) is 1. The second-order valence-corrected chi connectivity index (χ2v) is 6.47. The number of amides is 4. The van der Waals surface area contributed by atoms with Crippen molar-refractivity contribution in [2.45, 2.75) is 25.0 Å². The van der Waals surface area contributed by atoms with E-state index < -0.39 is 36.0 Å². The van der Waals surface area contributed by atoms with Gasteiger partial charge in [-0.2, -0.15) is 0 Å². The van der Waals surface area contributed by atoms with E-state index in [9.17, 15) is 24.3 Å². The number of hydrogen-bond donors (Lipinski definition) is 3. The predicted molar refractivity (Wildman–Crippen MR) is 96.5 cm³/mol. The van der Waals surface area contributed by atoms with Crippen molar-refractivity contribution >= 4 is 52.7 Å². The highest BCUT2D eigenvalue weighted by molar-refractivity contribution is 6.42. The Hall–Kier alpha value is -2.36. The van der Waals surface area contributed by atoms with Crippen LogP contribution in [-0.4, -0.2) is 54.7 Å². The fraction of sp³-hybridized carbons (Fsp3) is 0.375. The second-order valence-electron chi connectivity index (χ2n) is 5.66. The van der Waals surface area contributed by atoms with Crippen LogP contribution in [0.2, 0.25) is 10.0 Å². The fourth-order valence-electron chi connectivity index (χ4n) is 2.39. The van der Waals surface area contributed by atoms with Crippen LogP contribution in [0.1, 0.15) is 12.8 Å². The Bertz CT molecular complexity index is 773. The zero-order chi connectivity index (χ0) is 20.1. The molecule has 1 heterocycles. The van der Waals surface area contributed by atoms with Gasteiger partial charge < -0.3 is 20.5 Å². The molecule has 0 aliphatic carbocycles. The topological polar surface area (TPSA) is 125 Å². The summed E-state index contributed by atoms with van der Waals surface area (Å²) in [6.45, 7) is -0.314. The number of hydrogen-bond acceptors (Lipinski definition) is 6. The van der Waals surface area contributed by atoms with Crippen LogP contribution in [0.5, 0.6) is 0 Å². The van der Waals surface area contributed by atoms with Crippen LogP contribution >= 0.6 is 23.2 Å². The molecule has 1 aromatic carbocycles. The average Bonchev–Trinajstić information content (AvgIpc) is 2.93. The molecule has 0 bridgehead atoms. The molecule has 4 amide bonds. The number of nitrogens with zero attached hydrogens (tertiary/aromatic N) is 1. The molecule has 0 saturated carbocycles. The Kier molecular flexibility index (Phi) is 7.00. The summed E-state index contributed by atoms with van der Waals surface area (Å²) in [7, 11) is 1.11. The van der Waals surface area contributed by atoms with E-state index in [2.05, 4.69) is 15.4 Å². The van der Waals surface area contributed by atoms with E-state index in [0.29, 0.717) is 0 Å². The first-order valence-corrected chi connectivity index (χ1v) is 8.62. The lowest BCUT2D eigenvalue weighted by Crippen LogP contribution is -2.38. The SMILES string of the molecule is COC(=O)[C@@H](O)CNC(=O)CCC1NC(=O)N(c2ccc(Cl)c(Cl)c2)C1=O. The maximum Gasteiger partial charge on any atom is 0.336 e. The summed E-state index contributed by atoms with van der Waals surface area (Å²) in [5, 5.41) is 14.7. The number of esters is 1. The summed E-state index contributed by atoms with van der Waals surface area (Å²) < 4.78 is 4.33. The molecule has 1 saturated heterocycles. The Morgan fingerprint density at radius 3 is 2.67 bits per heavy atom. The molecule has 2 rings (SSSR count). The van der Waals surface area contributed by atoms with Crippen LogP contribution in [0.15, 0.2) is 18.2 Å². The zero-order valence-corrected chi connectivity index (χ0v) is 15.7. The number of aliphatic hydroxyl groups excluding tert-OH is 1. The van der Waals surface area contributed by atoms with E-state index in [4.69, 9.17) is 23.2 Å². The Labute approximate surface area is 164 Å². The van der Waals surface area contributed by atoms with Crippen LogP contribution < -0.4 is 15.5 Å². The average molecular weight is 418 g/mol. The van der Waals surface area contributed by atoms with Gasteiger partial charge in [0.05, 0.1) is 29.4 Å². The Morgan fingerprint density at radius 1 is 1.33 bits per heavy atom. The lowest BCUT2D eigenvalue weighted by atomic mass is 10.1. The van der Waals surface area contributed by atoms with E-state index in [1.165, 1.54) is 18.2 Å². The number of anilines is 1. The minimum absolute atomic E-state index is 0.0442. The van der Waals surface area contributed by atoms with Crippen molar-refractivity contribution in [2.75, 3.05) is 18.6 Å². The van der Waals surface area contributed by atoms with Crippen molar-refractivity contribution in [3.8, 4) is 0 Å². The smallest absolute Gasteiger partial charge is 0.336 e. The molecule has 0 spiro atoms. The number of imide groups is 1. The van der Waals surface area contributed by atoms with Gasteiger partial charge in [-0.15, -0.1) is 0 Å². The van der Waals surface area contributed by atoms with Crippen molar-refractivity contribution in [3.63, 3.8) is 0 Å². The van der Waals surface area contributed by atoms with Crippen molar-refractivity contribution in [3.05, 3.63) is 28.2 Å². The van der Waals surface area contributed by atoms with Crippen LogP contribution in [0.4, 0.5) is 10.5 Å². The summed E-state index contributed by atoms with van der Waals surface area (Å²) >= 11 is 11.7. The molecule has 1 unspecified atom stereocenters. The summed E-state index contributed by atoms with van der Waals surface area (Å²) in [4.78, 5) is 48.3. The number of urea groups is 1. The van der Waals surface area contributed by atoms with Gasteiger partial charge in [0.2, 0.25) is 5.91 Å². The first-order valence-electron chi connectivity index (χ1n) is 7.86. The molecule has 1 fully saturated rings.